The molecule has 10 heteroatoms. The van der Waals surface area contributed by atoms with Gasteiger partial charge in [-0.3, -0.25) is 4.79 Å². The summed E-state index contributed by atoms with van der Waals surface area (Å²) in [5.41, 5.74) is 1.85. The molecule has 2 aromatic carbocycles. The van der Waals surface area contributed by atoms with E-state index >= 15 is 0 Å². The number of fused-ring (bicyclic) bond motifs is 1. The van der Waals surface area contributed by atoms with Crippen molar-refractivity contribution >= 4 is 38.7 Å². The Hall–Kier alpha value is -4.18. The zero-order chi connectivity index (χ0) is 26.8. The number of hydrogen-bond donors (Lipinski definition) is 1. The quantitative estimate of drug-likeness (QED) is 0.393. The van der Waals surface area contributed by atoms with Crippen LogP contribution in [0.5, 0.6) is 0 Å². The molecule has 0 fully saturated rings. The van der Waals surface area contributed by atoms with Crippen molar-refractivity contribution in [2.75, 3.05) is 18.9 Å². The third kappa shape index (κ3) is 5.80. The van der Waals surface area contributed by atoms with Gasteiger partial charge in [-0.25, -0.2) is 22.2 Å². The minimum absolute atomic E-state index is 0.162. The maximum atomic E-state index is 13.1. The highest BCUT2D eigenvalue weighted by Gasteiger charge is 2.22. The SMILES string of the molecule is CN(CC(=O)Nc1ccc(-c2ccnc3c2ccn3S(=O)(=O)c2ccccc2)cc1)C(=O)OC(C)(C)C. The summed E-state index contributed by atoms with van der Waals surface area (Å²) < 4.78 is 32.7. The number of likely N-dealkylation sites (N-methyl/N-ethyl adjacent to an activating group) is 1. The van der Waals surface area contributed by atoms with E-state index in [1.165, 1.54) is 22.1 Å². The van der Waals surface area contributed by atoms with Crippen LogP contribution in [0.4, 0.5) is 10.5 Å². The van der Waals surface area contributed by atoms with Crippen LogP contribution < -0.4 is 5.32 Å². The molecule has 0 aliphatic heterocycles. The molecule has 0 aliphatic carbocycles. The summed E-state index contributed by atoms with van der Waals surface area (Å²) in [5.74, 6) is -0.365. The monoisotopic (exact) mass is 520 g/mol. The molecule has 37 heavy (non-hydrogen) atoms. The predicted molar refractivity (Wildman–Crippen MR) is 142 cm³/mol. The van der Waals surface area contributed by atoms with Crippen molar-refractivity contribution in [2.45, 2.75) is 31.3 Å². The lowest BCUT2D eigenvalue weighted by Crippen LogP contribution is -2.38. The normalized spacial score (nSPS) is 11.8. The van der Waals surface area contributed by atoms with Crippen molar-refractivity contribution in [3.8, 4) is 11.1 Å². The molecule has 1 N–H and O–H groups in total. The van der Waals surface area contributed by atoms with E-state index in [1.54, 1.807) is 75.5 Å². The molecule has 0 atom stereocenters. The molecular formula is C27H28N4O5S. The Labute approximate surface area is 215 Å². The number of carbonyl (C=O) groups is 2. The third-order valence-corrected chi connectivity index (χ3v) is 7.10. The fourth-order valence-electron chi connectivity index (χ4n) is 3.72. The second kappa shape index (κ2) is 10.1. The fourth-order valence-corrected chi connectivity index (χ4v) is 5.04. The Bertz CT molecular complexity index is 1540. The highest BCUT2D eigenvalue weighted by molar-refractivity contribution is 7.90. The molecule has 2 amide bonds. The first-order valence-electron chi connectivity index (χ1n) is 11.6. The molecule has 192 valence electrons. The fraction of sp³-hybridized carbons (Fsp3) is 0.222. The summed E-state index contributed by atoms with van der Waals surface area (Å²) in [6.07, 6.45) is 2.48. The third-order valence-electron chi connectivity index (χ3n) is 5.42. The average molecular weight is 521 g/mol. The average Bonchev–Trinajstić information content (AvgIpc) is 3.29. The number of ether oxygens (including phenoxy) is 1. The van der Waals surface area contributed by atoms with Crippen molar-refractivity contribution in [3.63, 3.8) is 0 Å². The van der Waals surface area contributed by atoms with E-state index in [9.17, 15) is 18.0 Å². The van der Waals surface area contributed by atoms with Crippen molar-refractivity contribution in [1.29, 1.82) is 0 Å². The number of anilines is 1. The first kappa shape index (κ1) is 25.9. The van der Waals surface area contributed by atoms with E-state index in [0.717, 1.165) is 11.1 Å². The molecule has 4 aromatic rings. The standard InChI is InChI=1S/C27H28N4O5S/c1-27(2,3)36-26(33)30(4)18-24(32)29-20-12-10-19(11-13-20)22-14-16-28-25-23(22)15-17-31(25)37(34,35)21-8-6-5-7-9-21/h5-17H,18H2,1-4H3,(H,29,32). The van der Waals surface area contributed by atoms with Gasteiger partial charge in [-0.15, -0.1) is 0 Å². The van der Waals surface area contributed by atoms with Crippen molar-refractivity contribution in [1.82, 2.24) is 13.9 Å². The minimum Gasteiger partial charge on any atom is -0.444 e. The predicted octanol–water partition coefficient (Wildman–Crippen LogP) is 4.75. The molecule has 9 nitrogen and oxygen atoms in total. The van der Waals surface area contributed by atoms with Crippen LogP contribution in [0.1, 0.15) is 20.8 Å². The van der Waals surface area contributed by atoms with Gasteiger partial charge in [0.05, 0.1) is 4.90 Å². The van der Waals surface area contributed by atoms with E-state index in [-0.39, 0.29) is 17.3 Å². The molecule has 0 aliphatic rings. The largest absolute Gasteiger partial charge is 0.444 e. The van der Waals surface area contributed by atoms with Gasteiger partial charge in [0, 0.05) is 30.5 Å². The van der Waals surface area contributed by atoms with E-state index in [1.807, 2.05) is 18.2 Å². The summed E-state index contributed by atoms with van der Waals surface area (Å²) in [7, 11) is -2.30. The van der Waals surface area contributed by atoms with Crippen molar-refractivity contribution < 1.29 is 22.7 Å². The molecule has 0 saturated carbocycles. The first-order chi connectivity index (χ1) is 17.5. The topological polar surface area (TPSA) is 111 Å². The lowest BCUT2D eigenvalue weighted by Gasteiger charge is -2.24. The van der Waals surface area contributed by atoms with E-state index < -0.39 is 21.7 Å². The number of nitrogens with one attached hydrogen (secondary N) is 1. The summed E-state index contributed by atoms with van der Waals surface area (Å²) in [6.45, 7) is 5.11. The Morgan fingerprint density at radius 1 is 1.00 bits per heavy atom. The van der Waals surface area contributed by atoms with E-state index in [2.05, 4.69) is 10.3 Å². The molecule has 2 aromatic heterocycles. The van der Waals surface area contributed by atoms with Gasteiger partial charge in [0.1, 0.15) is 12.1 Å². The van der Waals surface area contributed by atoms with Gasteiger partial charge in [0.2, 0.25) is 5.91 Å². The second-order valence-electron chi connectivity index (χ2n) is 9.49. The molecule has 0 radical (unpaired) electrons. The van der Waals surface area contributed by atoms with Crippen LogP contribution in [0.15, 0.2) is 84.0 Å². The lowest BCUT2D eigenvalue weighted by atomic mass is 10.0. The second-order valence-corrected chi connectivity index (χ2v) is 11.3. The maximum Gasteiger partial charge on any atom is 0.410 e. The minimum atomic E-state index is -3.80. The zero-order valence-corrected chi connectivity index (χ0v) is 21.8. The van der Waals surface area contributed by atoms with Gasteiger partial charge in [0.15, 0.2) is 5.65 Å². The Morgan fingerprint density at radius 3 is 2.32 bits per heavy atom. The summed E-state index contributed by atoms with van der Waals surface area (Å²) in [6, 6.07) is 18.9. The molecule has 4 rings (SSSR count). The van der Waals surface area contributed by atoms with Crippen LogP contribution in [0, 0.1) is 0 Å². The number of hydrogen-bond acceptors (Lipinski definition) is 6. The summed E-state index contributed by atoms with van der Waals surface area (Å²) in [5, 5.41) is 3.44. The number of benzene rings is 2. The van der Waals surface area contributed by atoms with Gasteiger partial charge >= 0.3 is 6.09 Å². The van der Waals surface area contributed by atoms with E-state index in [4.69, 9.17) is 4.74 Å². The maximum absolute atomic E-state index is 13.1. The van der Waals surface area contributed by atoms with Gasteiger partial charge in [0.25, 0.3) is 10.0 Å². The van der Waals surface area contributed by atoms with E-state index in [0.29, 0.717) is 16.7 Å². The van der Waals surface area contributed by atoms with Gasteiger partial charge in [-0.05, 0) is 68.3 Å². The number of rotatable bonds is 6. The van der Waals surface area contributed by atoms with Crippen LogP contribution in [0.3, 0.4) is 0 Å². The van der Waals surface area contributed by atoms with Gasteiger partial charge in [-0.1, -0.05) is 30.3 Å². The number of aromatic nitrogens is 2. The van der Waals surface area contributed by atoms with Crippen molar-refractivity contribution in [3.05, 3.63) is 79.1 Å². The number of amides is 2. The Kier molecular flexibility index (Phi) is 7.04. The molecule has 0 bridgehead atoms. The van der Waals surface area contributed by atoms with Gasteiger partial charge in [-0.2, -0.15) is 0 Å². The Balaban J connectivity index is 1.52. The Morgan fingerprint density at radius 2 is 1.68 bits per heavy atom. The number of nitrogens with zero attached hydrogens (tertiary/aromatic N) is 3. The highest BCUT2D eigenvalue weighted by atomic mass is 32.2. The smallest absolute Gasteiger partial charge is 0.410 e. The van der Waals surface area contributed by atoms with Crippen LogP contribution in [-0.2, 0) is 19.6 Å². The molecule has 0 unspecified atom stereocenters. The first-order valence-corrected chi connectivity index (χ1v) is 13.0. The molecule has 0 spiro atoms. The van der Waals surface area contributed by atoms with Crippen LogP contribution in [0.25, 0.3) is 22.2 Å². The number of carbonyl (C=O) groups excluding carboxylic acids is 2. The molecule has 2 heterocycles. The van der Waals surface area contributed by atoms with Crippen LogP contribution >= 0.6 is 0 Å². The molecule has 0 saturated heterocycles. The number of pyridine rings is 1. The van der Waals surface area contributed by atoms with Gasteiger partial charge < -0.3 is 15.0 Å². The van der Waals surface area contributed by atoms with Crippen LogP contribution in [0.2, 0.25) is 0 Å². The van der Waals surface area contributed by atoms with Crippen LogP contribution in [-0.4, -0.2) is 53.5 Å². The summed E-state index contributed by atoms with van der Waals surface area (Å²) >= 11 is 0. The highest BCUT2D eigenvalue weighted by Crippen LogP contribution is 2.30. The summed E-state index contributed by atoms with van der Waals surface area (Å²) in [4.78, 5) is 30.2. The lowest BCUT2D eigenvalue weighted by molar-refractivity contribution is -0.117. The molecular weight excluding hydrogens is 492 g/mol. The van der Waals surface area contributed by atoms with Crippen molar-refractivity contribution in [2.24, 2.45) is 0 Å². The zero-order valence-electron chi connectivity index (χ0n) is 21.0.